The molecule has 0 bridgehead atoms. The summed E-state index contributed by atoms with van der Waals surface area (Å²) >= 11 is 0. The van der Waals surface area contributed by atoms with Gasteiger partial charge in [0.05, 0.1) is 19.8 Å². The second-order valence-corrected chi connectivity index (χ2v) is 3.82. The first-order valence-electron chi connectivity index (χ1n) is 5.23. The lowest BCUT2D eigenvalue weighted by Gasteiger charge is -2.29. The summed E-state index contributed by atoms with van der Waals surface area (Å²) in [5.74, 6) is 0.410. The average Bonchev–Trinajstić information content (AvgIpc) is 2.26. The van der Waals surface area contributed by atoms with Crippen LogP contribution < -0.4 is 5.32 Å². The number of amides is 1. The molecule has 0 unspecified atom stereocenters. The fourth-order valence-corrected chi connectivity index (χ4v) is 2.06. The Hall–Kier alpha value is -0.770. The van der Waals surface area contributed by atoms with Gasteiger partial charge in [-0.2, -0.15) is 0 Å². The van der Waals surface area contributed by atoms with Crippen LogP contribution in [0.4, 0.5) is 4.79 Å². The first kappa shape index (κ1) is 11.3. The minimum absolute atomic E-state index is 0.000231. The molecular formula is C10H19NO3. The van der Waals surface area contributed by atoms with E-state index in [0.29, 0.717) is 5.92 Å². The van der Waals surface area contributed by atoms with E-state index in [0.717, 1.165) is 12.8 Å². The number of carbonyl (C=O) groups excluding carboxylic acids is 1. The Morgan fingerprint density at radius 3 is 2.64 bits per heavy atom. The van der Waals surface area contributed by atoms with Crippen LogP contribution >= 0.6 is 0 Å². The number of aliphatic hydroxyl groups is 1. The largest absolute Gasteiger partial charge is 0.453 e. The SMILES string of the molecule is COC(=O)N[C@H](CO)C1CCCCC1. The third-order valence-corrected chi connectivity index (χ3v) is 2.90. The second kappa shape index (κ2) is 5.86. The lowest BCUT2D eigenvalue weighted by molar-refractivity contribution is 0.135. The molecule has 0 heterocycles. The molecule has 0 spiro atoms. The molecule has 1 rings (SSSR count). The zero-order valence-corrected chi connectivity index (χ0v) is 8.66. The highest BCUT2D eigenvalue weighted by Crippen LogP contribution is 2.26. The van der Waals surface area contributed by atoms with Crippen molar-refractivity contribution in [2.45, 2.75) is 38.1 Å². The van der Waals surface area contributed by atoms with Crippen LogP contribution in [-0.2, 0) is 4.74 Å². The molecule has 1 amide bonds. The van der Waals surface area contributed by atoms with Gasteiger partial charge >= 0.3 is 6.09 Å². The van der Waals surface area contributed by atoms with E-state index in [1.165, 1.54) is 26.4 Å². The summed E-state index contributed by atoms with van der Waals surface area (Å²) in [5, 5.41) is 11.8. The van der Waals surface area contributed by atoms with E-state index in [4.69, 9.17) is 5.11 Å². The third kappa shape index (κ3) is 3.18. The summed E-state index contributed by atoms with van der Waals surface area (Å²) < 4.78 is 4.51. The van der Waals surface area contributed by atoms with Gasteiger partial charge in [-0.15, -0.1) is 0 Å². The standard InChI is InChI=1S/C10H19NO3/c1-14-10(13)11-9(7-12)8-5-3-2-4-6-8/h8-9,12H,2-7H2,1H3,(H,11,13)/t9-/m1/s1. The Balaban J connectivity index is 2.39. The summed E-state index contributed by atoms with van der Waals surface area (Å²) in [6, 6.07) is -0.136. The number of methoxy groups -OCH3 is 1. The minimum Gasteiger partial charge on any atom is -0.453 e. The zero-order valence-electron chi connectivity index (χ0n) is 8.66. The van der Waals surface area contributed by atoms with Crippen molar-refractivity contribution in [3.63, 3.8) is 0 Å². The van der Waals surface area contributed by atoms with Gasteiger partial charge < -0.3 is 15.2 Å². The van der Waals surface area contributed by atoms with Crippen molar-refractivity contribution < 1.29 is 14.6 Å². The van der Waals surface area contributed by atoms with Gasteiger partial charge in [-0.05, 0) is 18.8 Å². The van der Waals surface area contributed by atoms with Crippen LogP contribution in [-0.4, -0.2) is 31.0 Å². The molecule has 1 aliphatic carbocycles. The van der Waals surface area contributed by atoms with Crippen LogP contribution in [0.25, 0.3) is 0 Å². The Labute approximate surface area is 84.6 Å². The van der Waals surface area contributed by atoms with Gasteiger partial charge in [0.2, 0.25) is 0 Å². The second-order valence-electron chi connectivity index (χ2n) is 3.82. The van der Waals surface area contributed by atoms with Crippen molar-refractivity contribution >= 4 is 6.09 Å². The van der Waals surface area contributed by atoms with E-state index in [-0.39, 0.29) is 12.6 Å². The quantitative estimate of drug-likeness (QED) is 0.723. The van der Waals surface area contributed by atoms with Gasteiger partial charge in [-0.25, -0.2) is 4.79 Å². The van der Waals surface area contributed by atoms with Gasteiger partial charge in [0, 0.05) is 0 Å². The first-order chi connectivity index (χ1) is 6.77. The molecule has 1 aliphatic rings. The van der Waals surface area contributed by atoms with Gasteiger partial charge in [-0.1, -0.05) is 19.3 Å². The zero-order chi connectivity index (χ0) is 10.4. The molecule has 0 aromatic rings. The maximum Gasteiger partial charge on any atom is 0.407 e. The minimum atomic E-state index is -0.449. The normalized spacial score (nSPS) is 20.1. The maximum absolute atomic E-state index is 11.0. The number of hydrogen-bond acceptors (Lipinski definition) is 3. The summed E-state index contributed by atoms with van der Waals surface area (Å²) in [5.41, 5.74) is 0. The van der Waals surface area contributed by atoms with Crippen LogP contribution in [0.15, 0.2) is 0 Å². The number of hydrogen-bond donors (Lipinski definition) is 2. The van der Waals surface area contributed by atoms with Crippen LogP contribution in [0.5, 0.6) is 0 Å². The van der Waals surface area contributed by atoms with Crippen LogP contribution in [0.2, 0.25) is 0 Å². The monoisotopic (exact) mass is 201 g/mol. The van der Waals surface area contributed by atoms with Gasteiger partial charge in [-0.3, -0.25) is 0 Å². The highest BCUT2D eigenvalue weighted by Gasteiger charge is 2.24. The number of carbonyl (C=O) groups is 1. The molecule has 0 radical (unpaired) electrons. The number of alkyl carbamates (subject to hydrolysis) is 1. The molecule has 4 nitrogen and oxygen atoms in total. The van der Waals surface area contributed by atoms with E-state index in [1.54, 1.807) is 0 Å². The van der Waals surface area contributed by atoms with Crippen molar-refractivity contribution in [2.75, 3.05) is 13.7 Å². The molecule has 1 saturated carbocycles. The van der Waals surface area contributed by atoms with Crippen molar-refractivity contribution in [2.24, 2.45) is 5.92 Å². The van der Waals surface area contributed by atoms with Gasteiger partial charge in [0.25, 0.3) is 0 Å². The number of ether oxygens (including phenoxy) is 1. The summed E-state index contributed by atoms with van der Waals surface area (Å²) in [4.78, 5) is 11.0. The summed E-state index contributed by atoms with van der Waals surface area (Å²) in [6.07, 6.45) is 5.40. The van der Waals surface area contributed by atoms with Gasteiger partial charge in [0.15, 0.2) is 0 Å². The highest BCUT2D eigenvalue weighted by atomic mass is 16.5. The van der Waals surface area contributed by atoms with Crippen LogP contribution in [0.1, 0.15) is 32.1 Å². The van der Waals surface area contributed by atoms with Gasteiger partial charge in [0.1, 0.15) is 0 Å². The Kier molecular flexibility index (Phi) is 4.73. The van der Waals surface area contributed by atoms with Crippen LogP contribution in [0.3, 0.4) is 0 Å². The molecule has 14 heavy (non-hydrogen) atoms. The van der Waals surface area contributed by atoms with E-state index >= 15 is 0 Å². The average molecular weight is 201 g/mol. The third-order valence-electron chi connectivity index (χ3n) is 2.90. The molecule has 0 aromatic carbocycles. The number of rotatable bonds is 3. The summed E-state index contributed by atoms with van der Waals surface area (Å²) in [6.45, 7) is -0.000231. The van der Waals surface area contributed by atoms with Crippen molar-refractivity contribution in [3.05, 3.63) is 0 Å². The molecule has 1 fully saturated rings. The van der Waals surface area contributed by atoms with Crippen molar-refractivity contribution in [1.82, 2.24) is 5.32 Å². The molecule has 2 N–H and O–H groups in total. The molecule has 0 saturated heterocycles. The van der Waals surface area contributed by atoms with Crippen molar-refractivity contribution in [3.8, 4) is 0 Å². The number of aliphatic hydroxyl groups excluding tert-OH is 1. The molecular weight excluding hydrogens is 182 g/mol. The lowest BCUT2D eigenvalue weighted by atomic mass is 9.84. The summed E-state index contributed by atoms with van der Waals surface area (Å²) in [7, 11) is 1.34. The fraction of sp³-hybridized carbons (Fsp3) is 0.900. The molecule has 4 heteroatoms. The first-order valence-corrected chi connectivity index (χ1v) is 5.23. The highest BCUT2D eigenvalue weighted by molar-refractivity contribution is 5.67. The van der Waals surface area contributed by atoms with E-state index < -0.39 is 6.09 Å². The smallest absolute Gasteiger partial charge is 0.407 e. The van der Waals surface area contributed by atoms with E-state index in [2.05, 4.69) is 10.1 Å². The van der Waals surface area contributed by atoms with E-state index in [9.17, 15) is 4.79 Å². The number of nitrogens with one attached hydrogen (secondary N) is 1. The van der Waals surface area contributed by atoms with E-state index in [1.807, 2.05) is 0 Å². The molecule has 0 aromatic heterocycles. The van der Waals surface area contributed by atoms with Crippen molar-refractivity contribution in [1.29, 1.82) is 0 Å². The Bertz CT molecular complexity index is 178. The molecule has 82 valence electrons. The van der Waals surface area contributed by atoms with Crippen LogP contribution in [0, 0.1) is 5.92 Å². The Morgan fingerprint density at radius 1 is 1.50 bits per heavy atom. The predicted molar refractivity (Wildman–Crippen MR) is 53.0 cm³/mol. The Morgan fingerprint density at radius 2 is 2.14 bits per heavy atom. The fourth-order valence-electron chi connectivity index (χ4n) is 2.06. The lowest BCUT2D eigenvalue weighted by Crippen LogP contribution is -2.43. The predicted octanol–water partition coefficient (Wildman–Crippen LogP) is 1.28. The maximum atomic E-state index is 11.0. The topological polar surface area (TPSA) is 58.6 Å². The molecule has 0 aliphatic heterocycles. The molecule has 1 atom stereocenters.